The summed E-state index contributed by atoms with van der Waals surface area (Å²) >= 11 is 0. The van der Waals surface area contributed by atoms with Gasteiger partial charge in [0, 0.05) is 0 Å². The van der Waals surface area contributed by atoms with Crippen molar-refractivity contribution in [3.63, 3.8) is 0 Å². The maximum Gasteiger partial charge on any atom is -0.0161 e. The summed E-state index contributed by atoms with van der Waals surface area (Å²) in [6.45, 7) is 14.6. The highest BCUT2D eigenvalue weighted by Gasteiger charge is 1.91. The average molecular weight is 272 g/mol. The second-order valence-corrected chi connectivity index (χ2v) is 5.85. The third-order valence-electron chi connectivity index (χ3n) is 3.35. The van der Waals surface area contributed by atoms with Crippen LogP contribution in [0.2, 0.25) is 0 Å². The fourth-order valence-corrected chi connectivity index (χ4v) is 1.87. The van der Waals surface area contributed by atoms with E-state index in [0.717, 1.165) is 12.8 Å². The topological polar surface area (TPSA) is 0 Å². The molecule has 0 aromatic carbocycles. The van der Waals surface area contributed by atoms with Gasteiger partial charge in [-0.3, -0.25) is 0 Å². The lowest BCUT2D eigenvalue weighted by Crippen LogP contribution is -1.80. The molecule has 0 aliphatic rings. The number of hydrogen-bond acceptors (Lipinski definition) is 0. The summed E-state index contributed by atoms with van der Waals surface area (Å²) in [4.78, 5) is 0. The van der Waals surface area contributed by atoms with Crippen molar-refractivity contribution in [3.8, 4) is 0 Å². The van der Waals surface area contributed by atoms with Crippen molar-refractivity contribution in [1.82, 2.24) is 0 Å². The molecule has 0 N–H and O–H groups in total. The lowest BCUT2D eigenvalue weighted by atomic mass is 10.1. The van der Waals surface area contributed by atoms with Crippen molar-refractivity contribution in [2.75, 3.05) is 0 Å². The van der Waals surface area contributed by atoms with Crippen molar-refractivity contribution in [1.29, 1.82) is 0 Å². The summed E-state index contributed by atoms with van der Waals surface area (Å²) in [7, 11) is 0. The van der Waals surface area contributed by atoms with Crippen LogP contribution in [-0.2, 0) is 0 Å². The average Bonchev–Trinajstić information content (AvgIpc) is 2.38. The summed E-state index contributed by atoms with van der Waals surface area (Å²) in [5, 5.41) is 0. The van der Waals surface area contributed by atoms with Gasteiger partial charge in [0.1, 0.15) is 0 Å². The Bertz CT molecular complexity index is 396. The minimum absolute atomic E-state index is 1.02. The predicted molar refractivity (Wildman–Crippen MR) is 94.0 cm³/mol. The van der Waals surface area contributed by atoms with Gasteiger partial charge in [0.05, 0.1) is 0 Å². The molecule has 0 fully saturated rings. The zero-order chi connectivity index (χ0) is 15.4. The molecule has 0 saturated heterocycles. The van der Waals surface area contributed by atoms with Gasteiger partial charge in [0.2, 0.25) is 0 Å². The third-order valence-corrected chi connectivity index (χ3v) is 3.35. The molecule has 0 aliphatic carbocycles. The van der Waals surface area contributed by atoms with Gasteiger partial charge in [-0.05, 0) is 66.7 Å². The Morgan fingerprint density at radius 1 is 0.750 bits per heavy atom. The summed E-state index contributed by atoms with van der Waals surface area (Å²) in [5.41, 5.74) is 5.66. The van der Waals surface area contributed by atoms with Gasteiger partial charge in [-0.1, -0.05) is 59.3 Å². The molecule has 0 spiro atoms. The number of hydrogen-bond donors (Lipinski definition) is 0. The highest BCUT2D eigenvalue weighted by Crippen LogP contribution is 2.12. The van der Waals surface area contributed by atoms with Crippen LogP contribution >= 0.6 is 0 Å². The smallest absolute Gasteiger partial charge is 0.0161 e. The van der Waals surface area contributed by atoms with E-state index in [1.165, 1.54) is 41.6 Å². The monoisotopic (exact) mass is 272 g/mol. The molecule has 0 amide bonds. The maximum absolute atomic E-state index is 3.76. The van der Waals surface area contributed by atoms with E-state index in [0.29, 0.717) is 0 Å². The fourth-order valence-electron chi connectivity index (χ4n) is 1.87. The fraction of sp³-hybridized carbons (Fsp3) is 0.500. The van der Waals surface area contributed by atoms with Gasteiger partial charge >= 0.3 is 0 Å². The minimum atomic E-state index is 1.02. The van der Waals surface area contributed by atoms with Crippen molar-refractivity contribution in [2.45, 2.75) is 66.7 Å². The first-order valence-electron chi connectivity index (χ1n) is 7.69. The molecule has 0 radical (unpaired) electrons. The largest absolute Gasteiger partial charge is 0.0988 e. The standard InChI is InChI=1S/C20H32/c1-7-18(4)12-9-14-20(6)16-10-15-19(5)13-8-11-17(2)3/h7,11-12,14-15H,1,8-10,13,16H2,2-6H3. The molecule has 0 rings (SSSR count). The summed E-state index contributed by atoms with van der Waals surface area (Å²) in [6, 6.07) is 0. The zero-order valence-electron chi connectivity index (χ0n) is 14.1. The molecule has 112 valence electrons. The zero-order valence-corrected chi connectivity index (χ0v) is 14.1. The normalized spacial score (nSPS) is 13.3. The molecular weight excluding hydrogens is 240 g/mol. The van der Waals surface area contributed by atoms with Crippen molar-refractivity contribution < 1.29 is 0 Å². The third kappa shape index (κ3) is 11.8. The molecule has 0 nitrogen and oxygen atoms in total. The summed E-state index contributed by atoms with van der Waals surface area (Å²) in [5.74, 6) is 0. The van der Waals surface area contributed by atoms with Crippen molar-refractivity contribution in [3.05, 3.63) is 59.3 Å². The van der Waals surface area contributed by atoms with E-state index in [4.69, 9.17) is 0 Å². The second kappa shape index (κ2) is 11.5. The van der Waals surface area contributed by atoms with Crippen molar-refractivity contribution in [2.24, 2.45) is 0 Å². The van der Waals surface area contributed by atoms with E-state index < -0.39 is 0 Å². The Kier molecular flexibility index (Phi) is 10.8. The van der Waals surface area contributed by atoms with Crippen LogP contribution in [-0.4, -0.2) is 0 Å². The van der Waals surface area contributed by atoms with Gasteiger partial charge in [0.25, 0.3) is 0 Å². The molecule has 0 heteroatoms. The lowest BCUT2D eigenvalue weighted by molar-refractivity contribution is 0.915. The van der Waals surface area contributed by atoms with Crippen LogP contribution < -0.4 is 0 Å². The van der Waals surface area contributed by atoms with Gasteiger partial charge in [-0.15, -0.1) is 0 Å². The maximum atomic E-state index is 3.76. The first-order valence-corrected chi connectivity index (χ1v) is 7.69. The Labute approximate surface area is 126 Å². The molecule has 0 aromatic heterocycles. The first-order chi connectivity index (χ1) is 9.45. The molecule has 0 saturated carbocycles. The van der Waals surface area contributed by atoms with E-state index in [1.807, 2.05) is 6.08 Å². The van der Waals surface area contributed by atoms with E-state index >= 15 is 0 Å². The highest BCUT2D eigenvalue weighted by atomic mass is 14.0. The number of allylic oxidation sites excluding steroid dienone is 9. The second-order valence-electron chi connectivity index (χ2n) is 5.85. The van der Waals surface area contributed by atoms with Crippen LogP contribution in [0.25, 0.3) is 0 Å². The van der Waals surface area contributed by atoms with Crippen LogP contribution in [0, 0.1) is 0 Å². The highest BCUT2D eigenvalue weighted by molar-refractivity contribution is 5.15. The Hall–Kier alpha value is -1.30. The van der Waals surface area contributed by atoms with Gasteiger partial charge in [-0.2, -0.15) is 0 Å². The lowest BCUT2D eigenvalue weighted by Gasteiger charge is -2.01. The van der Waals surface area contributed by atoms with Crippen LogP contribution in [0.15, 0.2) is 59.3 Å². The molecular formula is C20H32. The summed E-state index contributed by atoms with van der Waals surface area (Å²) < 4.78 is 0. The first kappa shape index (κ1) is 18.7. The molecule has 20 heavy (non-hydrogen) atoms. The van der Waals surface area contributed by atoms with E-state index in [9.17, 15) is 0 Å². The molecule has 0 unspecified atom stereocenters. The van der Waals surface area contributed by atoms with Gasteiger partial charge in [-0.25, -0.2) is 0 Å². The Balaban J connectivity index is 3.99. The van der Waals surface area contributed by atoms with Crippen LogP contribution in [0.5, 0.6) is 0 Å². The van der Waals surface area contributed by atoms with Crippen LogP contribution in [0.4, 0.5) is 0 Å². The molecule has 0 atom stereocenters. The molecule has 0 heterocycles. The minimum Gasteiger partial charge on any atom is -0.0988 e. The SMILES string of the molecule is C=CC(C)=CCC=C(C)CCC=C(C)CCC=C(C)C. The van der Waals surface area contributed by atoms with E-state index in [1.54, 1.807) is 0 Å². The van der Waals surface area contributed by atoms with Crippen molar-refractivity contribution >= 4 is 0 Å². The Morgan fingerprint density at radius 2 is 1.30 bits per heavy atom. The quantitative estimate of drug-likeness (QED) is 0.315. The van der Waals surface area contributed by atoms with Gasteiger partial charge < -0.3 is 0 Å². The molecule has 0 bridgehead atoms. The Morgan fingerprint density at radius 3 is 1.85 bits per heavy atom. The summed E-state index contributed by atoms with van der Waals surface area (Å²) in [6.07, 6.45) is 16.9. The molecule has 0 aromatic rings. The predicted octanol–water partition coefficient (Wildman–Crippen LogP) is 6.93. The van der Waals surface area contributed by atoms with Gasteiger partial charge in [0.15, 0.2) is 0 Å². The molecule has 0 aliphatic heterocycles. The van der Waals surface area contributed by atoms with Crippen LogP contribution in [0.3, 0.4) is 0 Å². The van der Waals surface area contributed by atoms with Crippen LogP contribution in [0.1, 0.15) is 66.7 Å². The van der Waals surface area contributed by atoms with E-state index in [-0.39, 0.29) is 0 Å². The number of rotatable bonds is 9. The van der Waals surface area contributed by atoms with E-state index in [2.05, 4.69) is 65.5 Å².